The second kappa shape index (κ2) is 8.57. The van der Waals surface area contributed by atoms with Crippen LogP contribution in [0.3, 0.4) is 0 Å². The van der Waals surface area contributed by atoms with Crippen molar-refractivity contribution in [1.29, 1.82) is 0 Å². The van der Waals surface area contributed by atoms with Gasteiger partial charge in [-0.1, -0.05) is 51.3 Å². The molecule has 0 saturated heterocycles. The third-order valence-electron chi connectivity index (χ3n) is 3.64. The summed E-state index contributed by atoms with van der Waals surface area (Å²) < 4.78 is 0. The highest BCUT2D eigenvalue weighted by molar-refractivity contribution is 5.28. The molecular weight excluding hydrogens is 260 g/mol. The molecule has 1 aromatic carbocycles. The second-order valence-corrected chi connectivity index (χ2v) is 5.47. The molecule has 0 amide bonds. The molecule has 0 fully saturated rings. The molecular formula is C17H26N4. The van der Waals surface area contributed by atoms with E-state index >= 15 is 0 Å². The minimum Gasteiger partial charge on any atom is -0.308 e. The Morgan fingerprint density at radius 2 is 1.90 bits per heavy atom. The van der Waals surface area contributed by atoms with Gasteiger partial charge in [0, 0.05) is 12.6 Å². The summed E-state index contributed by atoms with van der Waals surface area (Å²) >= 11 is 0. The molecule has 4 nitrogen and oxygen atoms in total. The van der Waals surface area contributed by atoms with Crippen LogP contribution in [-0.4, -0.2) is 21.0 Å². The fourth-order valence-corrected chi connectivity index (χ4v) is 2.46. The maximum absolute atomic E-state index is 4.54. The summed E-state index contributed by atoms with van der Waals surface area (Å²) in [7, 11) is 0. The third kappa shape index (κ3) is 4.97. The third-order valence-corrected chi connectivity index (χ3v) is 3.64. The monoisotopic (exact) mass is 286 g/mol. The number of hydrogen-bond donors (Lipinski definition) is 1. The Morgan fingerprint density at radius 3 is 2.62 bits per heavy atom. The van der Waals surface area contributed by atoms with Gasteiger partial charge in [0.1, 0.15) is 0 Å². The van der Waals surface area contributed by atoms with Gasteiger partial charge in [-0.05, 0) is 25.0 Å². The molecule has 0 saturated carbocycles. The van der Waals surface area contributed by atoms with Gasteiger partial charge in [0.2, 0.25) is 0 Å². The Morgan fingerprint density at radius 1 is 1.10 bits per heavy atom. The fourth-order valence-electron chi connectivity index (χ4n) is 2.46. The lowest BCUT2D eigenvalue weighted by Crippen LogP contribution is -2.28. The average molecular weight is 286 g/mol. The Bertz CT molecular complexity index is 507. The summed E-state index contributed by atoms with van der Waals surface area (Å²) in [5, 5.41) is 12.5. The molecule has 114 valence electrons. The molecule has 0 spiro atoms. The number of para-hydroxylation sites is 1. The van der Waals surface area contributed by atoms with E-state index in [0.29, 0.717) is 6.04 Å². The van der Waals surface area contributed by atoms with Gasteiger partial charge in [-0.2, -0.15) is 15.0 Å². The highest BCUT2D eigenvalue weighted by Gasteiger charge is 2.08. The zero-order valence-corrected chi connectivity index (χ0v) is 13.1. The van der Waals surface area contributed by atoms with Crippen molar-refractivity contribution in [2.24, 2.45) is 0 Å². The number of hydrogen-bond acceptors (Lipinski definition) is 3. The topological polar surface area (TPSA) is 42.7 Å². The van der Waals surface area contributed by atoms with Crippen LogP contribution in [0.2, 0.25) is 0 Å². The van der Waals surface area contributed by atoms with Crippen molar-refractivity contribution in [2.45, 2.75) is 58.5 Å². The Balaban J connectivity index is 1.89. The van der Waals surface area contributed by atoms with Gasteiger partial charge >= 0.3 is 0 Å². The quantitative estimate of drug-likeness (QED) is 0.764. The SMILES string of the molecule is CCCCC(CCC)NCc1cnn(-c2ccccc2)n1. The van der Waals surface area contributed by atoms with E-state index in [-0.39, 0.29) is 0 Å². The summed E-state index contributed by atoms with van der Waals surface area (Å²) in [6.07, 6.45) is 8.09. The second-order valence-electron chi connectivity index (χ2n) is 5.47. The number of benzene rings is 1. The van der Waals surface area contributed by atoms with E-state index in [1.165, 1.54) is 32.1 Å². The first kappa shape index (κ1) is 15.7. The maximum atomic E-state index is 4.54. The minimum absolute atomic E-state index is 0.594. The summed E-state index contributed by atoms with van der Waals surface area (Å²) in [5.74, 6) is 0. The smallest absolute Gasteiger partial charge is 0.0969 e. The van der Waals surface area contributed by atoms with Crippen LogP contribution in [0.15, 0.2) is 36.5 Å². The van der Waals surface area contributed by atoms with Gasteiger partial charge in [-0.3, -0.25) is 0 Å². The van der Waals surface area contributed by atoms with Crippen LogP contribution in [0, 0.1) is 0 Å². The van der Waals surface area contributed by atoms with Crippen molar-refractivity contribution < 1.29 is 0 Å². The Hall–Kier alpha value is -1.68. The van der Waals surface area contributed by atoms with Gasteiger partial charge in [0.05, 0.1) is 17.6 Å². The first-order valence-corrected chi connectivity index (χ1v) is 8.03. The van der Waals surface area contributed by atoms with Gasteiger partial charge in [-0.15, -0.1) is 0 Å². The normalized spacial score (nSPS) is 12.5. The van der Waals surface area contributed by atoms with Gasteiger partial charge in [0.15, 0.2) is 0 Å². The van der Waals surface area contributed by atoms with Gasteiger partial charge < -0.3 is 5.32 Å². The van der Waals surface area contributed by atoms with E-state index in [4.69, 9.17) is 0 Å². The standard InChI is InChI=1S/C17H26N4/c1-3-5-10-15(9-4-2)18-13-16-14-19-21(20-16)17-11-7-6-8-12-17/h6-8,11-12,14-15,18H,3-5,9-10,13H2,1-2H3. The van der Waals surface area contributed by atoms with E-state index in [9.17, 15) is 0 Å². The van der Waals surface area contributed by atoms with Crippen molar-refractivity contribution in [1.82, 2.24) is 20.3 Å². The summed E-state index contributed by atoms with van der Waals surface area (Å²) in [6.45, 7) is 5.28. The van der Waals surface area contributed by atoms with Crippen LogP contribution in [-0.2, 0) is 6.54 Å². The van der Waals surface area contributed by atoms with Crippen LogP contribution in [0.1, 0.15) is 51.6 Å². The molecule has 1 aromatic heterocycles. The van der Waals surface area contributed by atoms with Crippen LogP contribution in [0.4, 0.5) is 0 Å². The van der Waals surface area contributed by atoms with Crippen LogP contribution in [0.25, 0.3) is 5.69 Å². The van der Waals surface area contributed by atoms with Crippen molar-refractivity contribution in [3.63, 3.8) is 0 Å². The largest absolute Gasteiger partial charge is 0.308 e. The van der Waals surface area contributed by atoms with Crippen molar-refractivity contribution >= 4 is 0 Å². The molecule has 2 rings (SSSR count). The Kier molecular flexibility index (Phi) is 6.41. The number of nitrogens with one attached hydrogen (secondary N) is 1. The van der Waals surface area contributed by atoms with E-state index < -0.39 is 0 Å². The molecule has 1 N–H and O–H groups in total. The average Bonchev–Trinajstić information content (AvgIpc) is 3.00. The number of unbranched alkanes of at least 4 members (excludes halogenated alkanes) is 1. The predicted molar refractivity (Wildman–Crippen MR) is 86.4 cm³/mol. The summed E-state index contributed by atoms with van der Waals surface area (Å²) in [5.41, 5.74) is 2.00. The molecule has 1 atom stereocenters. The van der Waals surface area contributed by atoms with E-state index in [1.54, 1.807) is 4.80 Å². The first-order chi connectivity index (χ1) is 10.3. The van der Waals surface area contributed by atoms with Gasteiger partial charge in [0.25, 0.3) is 0 Å². The number of aromatic nitrogens is 3. The van der Waals surface area contributed by atoms with Crippen LogP contribution >= 0.6 is 0 Å². The van der Waals surface area contributed by atoms with Crippen molar-refractivity contribution in [2.75, 3.05) is 0 Å². The molecule has 0 aliphatic carbocycles. The minimum atomic E-state index is 0.594. The molecule has 1 heterocycles. The lowest BCUT2D eigenvalue weighted by Gasteiger charge is -2.16. The molecule has 0 aliphatic heterocycles. The van der Waals surface area contributed by atoms with E-state index in [0.717, 1.165) is 17.9 Å². The highest BCUT2D eigenvalue weighted by atomic mass is 15.5. The zero-order chi connectivity index (χ0) is 14.9. The summed E-state index contributed by atoms with van der Waals surface area (Å²) in [4.78, 5) is 1.69. The van der Waals surface area contributed by atoms with Gasteiger partial charge in [-0.25, -0.2) is 0 Å². The number of nitrogens with zero attached hydrogens (tertiary/aromatic N) is 3. The molecule has 2 aromatic rings. The van der Waals surface area contributed by atoms with Crippen molar-refractivity contribution in [3.8, 4) is 5.69 Å². The molecule has 4 heteroatoms. The molecule has 0 radical (unpaired) electrons. The molecule has 1 unspecified atom stereocenters. The van der Waals surface area contributed by atoms with Crippen LogP contribution in [0.5, 0.6) is 0 Å². The molecule has 21 heavy (non-hydrogen) atoms. The lowest BCUT2D eigenvalue weighted by atomic mass is 10.1. The fraction of sp³-hybridized carbons (Fsp3) is 0.529. The first-order valence-electron chi connectivity index (χ1n) is 8.03. The Labute approximate surface area is 127 Å². The van der Waals surface area contributed by atoms with Crippen molar-refractivity contribution in [3.05, 3.63) is 42.2 Å². The number of rotatable bonds is 9. The zero-order valence-electron chi connectivity index (χ0n) is 13.1. The van der Waals surface area contributed by atoms with E-state index in [2.05, 4.69) is 29.4 Å². The predicted octanol–water partition coefficient (Wildman–Crippen LogP) is 3.72. The van der Waals surface area contributed by atoms with Crippen LogP contribution < -0.4 is 5.32 Å². The lowest BCUT2D eigenvalue weighted by molar-refractivity contribution is 0.431. The van der Waals surface area contributed by atoms with E-state index in [1.807, 2.05) is 36.5 Å². The summed E-state index contributed by atoms with van der Waals surface area (Å²) in [6, 6.07) is 10.6. The molecule has 0 bridgehead atoms. The molecule has 0 aliphatic rings. The maximum Gasteiger partial charge on any atom is 0.0969 e. The highest BCUT2D eigenvalue weighted by Crippen LogP contribution is 2.08.